The molecule has 5 heteroatoms. The Hall–Kier alpha value is -2.53. The van der Waals surface area contributed by atoms with Crippen LogP contribution in [0, 0.1) is 0 Å². The molecule has 0 saturated heterocycles. The van der Waals surface area contributed by atoms with Gasteiger partial charge in [-0.05, 0) is 32.6 Å². The van der Waals surface area contributed by atoms with Crippen LogP contribution in [0.4, 0.5) is 0 Å². The average molecular weight is 354 g/mol. The van der Waals surface area contributed by atoms with Gasteiger partial charge in [-0.1, -0.05) is 48.5 Å². The average Bonchev–Trinajstić information content (AvgIpc) is 2.65. The maximum Gasteiger partial charge on any atom is 0.191 e. The summed E-state index contributed by atoms with van der Waals surface area (Å²) in [6.07, 6.45) is 0. The highest BCUT2D eigenvalue weighted by atomic mass is 16.5. The van der Waals surface area contributed by atoms with Gasteiger partial charge in [-0.3, -0.25) is 0 Å². The van der Waals surface area contributed by atoms with E-state index in [0.29, 0.717) is 19.7 Å². The van der Waals surface area contributed by atoms with Gasteiger partial charge in [0.15, 0.2) is 5.96 Å². The van der Waals surface area contributed by atoms with E-state index in [0.717, 1.165) is 30.4 Å². The molecule has 0 unspecified atom stereocenters. The van der Waals surface area contributed by atoms with Gasteiger partial charge in [0, 0.05) is 25.2 Å². The van der Waals surface area contributed by atoms with Crippen molar-refractivity contribution < 1.29 is 4.74 Å². The third-order valence-electron chi connectivity index (χ3n) is 3.82. The molecule has 2 N–H and O–H groups in total. The smallest absolute Gasteiger partial charge is 0.191 e. The van der Waals surface area contributed by atoms with Gasteiger partial charge in [0.05, 0.1) is 6.54 Å². The normalized spacial score (nSPS) is 11.5. The lowest BCUT2D eigenvalue weighted by atomic mass is 10.2. The van der Waals surface area contributed by atoms with Crippen molar-refractivity contribution in [2.75, 3.05) is 33.8 Å². The second kappa shape index (κ2) is 11.2. The molecule has 26 heavy (non-hydrogen) atoms. The zero-order valence-electron chi connectivity index (χ0n) is 16.0. The topological polar surface area (TPSA) is 48.9 Å². The van der Waals surface area contributed by atoms with Crippen molar-refractivity contribution in [2.45, 2.75) is 20.0 Å². The molecule has 0 amide bonds. The highest BCUT2D eigenvalue weighted by Crippen LogP contribution is 2.17. The van der Waals surface area contributed by atoms with Crippen LogP contribution in [0.2, 0.25) is 0 Å². The Balaban J connectivity index is 1.95. The van der Waals surface area contributed by atoms with E-state index in [1.807, 2.05) is 50.5 Å². The van der Waals surface area contributed by atoms with Crippen molar-refractivity contribution in [3.05, 3.63) is 65.7 Å². The van der Waals surface area contributed by atoms with E-state index in [1.165, 1.54) is 5.56 Å². The fraction of sp³-hybridized carbons (Fsp3) is 0.381. The van der Waals surface area contributed by atoms with Gasteiger partial charge in [0.1, 0.15) is 12.4 Å². The highest BCUT2D eigenvalue weighted by molar-refractivity contribution is 5.79. The molecule has 2 aromatic rings. The summed E-state index contributed by atoms with van der Waals surface area (Å²) in [4.78, 5) is 6.77. The molecule has 0 bridgehead atoms. The molecule has 2 aromatic carbocycles. The van der Waals surface area contributed by atoms with Crippen LogP contribution >= 0.6 is 0 Å². The molecule has 0 aliphatic rings. The summed E-state index contributed by atoms with van der Waals surface area (Å²) in [6.45, 7) is 5.77. The number of ether oxygens (including phenoxy) is 1. The van der Waals surface area contributed by atoms with Crippen LogP contribution < -0.4 is 15.4 Å². The number of benzene rings is 2. The molecule has 140 valence electrons. The Morgan fingerprint density at radius 1 is 1.00 bits per heavy atom. The lowest BCUT2D eigenvalue weighted by molar-refractivity contribution is 0.259. The molecule has 0 aromatic heterocycles. The molecule has 0 heterocycles. The van der Waals surface area contributed by atoms with E-state index >= 15 is 0 Å². The molecule has 0 radical (unpaired) electrons. The van der Waals surface area contributed by atoms with Crippen LogP contribution in [0.25, 0.3) is 0 Å². The minimum absolute atomic E-state index is 0.650. The summed E-state index contributed by atoms with van der Waals surface area (Å²) in [5, 5.41) is 6.69. The van der Waals surface area contributed by atoms with Gasteiger partial charge in [0.25, 0.3) is 0 Å². The minimum atomic E-state index is 0.650. The molecule has 2 rings (SSSR count). The maximum absolute atomic E-state index is 5.93. The van der Waals surface area contributed by atoms with Gasteiger partial charge in [-0.25, -0.2) is 4.99 Å². The first-order chi connectivity index (χ1) is 12.7. The summed E-state index contributed by atoms with van der Waals surface area (Å²) in [5.74, 6) is 1.72. The Morgan fingerprint density at radius 3 is 2.46 bits per heavy atom. The second-order valence-corrected chi connectivity index (χ2v) is 6.29. The number of aliphatic imine (C=N–C) groups is 1. The monoisotopic (exact) mass is 354 g/mol. The first kappa shape index (κ1) is 19.8. The summed E-state index contributed by atoms with van der Waals surface area (Å²) in [5.41, 5.74) is 2.31. The predicted octanol–water partition coefficient (Wildman–Crippen LogP) is 2.88. The van der Waals surface area contributed by atoms with E-state index < -0.39 is 0 Å². The zero-order valence-corrected chi connectivity index (χ0v) is 16.0. The quantitative estimate of drug-likeness (QED) is 0.537. The fourth-order valence-electron chi connectivity index (χ4n) is 2.40. The minimum Gasteiger partial charge on any atom is -0.492 e. The number of guanidine groups is 1. The van der Waals surface area contributed by atoms with Crippen LogP contribution in [-0.4, -0.2) is 44.7 Å². The lowest BCUT2D eigenvalue weighted by Gasteiger charge is -2.16. The Bertz CT molecular complexity index is 671. The summed E-state index contributed by atoms with van der Waals surface area (Å²) < 4.78 is 5.93. The van der Waals surface area contributed by atoms with Crippen molar-refractivity contribution >= 4 is 5.96 Å². The molecule has 0 aliphatic carbocycles. The molecule has 0 spiro atoms. The third-order valence-corrected chi connectivity index (χ3v) is 3.82. The van der Waals surface area contributed by atoms with E-state index in [9.17, 15) is 0 Å². The van der Waals surface area contributed by atoms with Crippen molar-refractivity contribution in [1.82, 2.24) is 15.5 Å². The summed E-state index contributed by atoms with van der Waals surface area (Å²) in [6, 6.07) is 18.4. The Morgan fingerprint density at radius 2 is 1.73 bits per heavy atom. The predicted molar refractivity (Wildman–Crippen MR) is 109 cm³/mol. The van der Waals surface area contributed by atoms with Gasteiger partial charge in [-0.2, -0.15) is 0 Å². The highest BCUT2D eigenvalue weighted by Gasteiger charge is 2.05. The number of hydrogen-bond acceptors (Lipinski definition) is 3. The van der Waals surface area contributed by atoms with Crippen LogP contribution in [0.15, 0.2) is 59.6 Å². The van der Waals surface area contributed by atoms with Gasteiger partial charge < -0.3 is 20.3 Å². The second-order valence-electron chi connectivity index (χ2n) is 6.29. The van der Waals surface area contributed by atoms with Crippen molar-refractivity contribution in [1.29, 1.82) is 0 Å². The molecular weight excluding hydrogens is 324 g/mol. The molecule has 0 saturated carbocycles. The number of hydrogen-bond donors (Lipinski definition) is 2. The van der Waals surface area contributed by atoms with Gasteiger partial charge in [0.2, 0.25) is 0 Å². The molecule has 5 nitrogen and oxygen atoms in total. The summed E-state index contributed by atoms with van der Waals surface area (Å²) >= 11 is 0. The zero-order chi connectivity index (χ0) is 18.6. The Kier molecular flexibility index (Phi) is 8.49. The number of rotatable bonds is 9. The first-order valence-corrected chi connectivity index (χ1v) is 9.10. The SMILES string of the molecule is CCNC(=NCc1ccccc1)NCc1ccccc1OCCN(C)C. The third kappa shape index (κ3) is 7.15. The number of nitrogens with one attached hydrogen (secondary N) is 2. The van der Waals surface area contributed by atoms with Crippen LogP contribution in [0.5, 0.6) is 5.75 Å². The standard InChI is InChI=1S/C21H30N4O/c1-4-22-21(23-16-18-10-6-5-7-11-18)24-17-19-12-8-9-13-20(19)26-15-14-25(2)3/h5-13H,4,14-17H2,1-3H3,(H2,22,23,24). The lowest BCUT2D eigenvalue weighted by Crippen LogP contribution is -2.36. The van der Waals surface area contributed by atoms with Gasteiger partial charge in [-0.15, -0.1) is 0 Å². The molecule has 0 aliphatic heterocycles. The molecular formula is C21H30N4O. The number of para-hydroxylation sites is 1. The largest absolute Gasteiger partial charge is 0.492 e. The van der Waals surface area contributed by atoms with Crippen LogP contribution in [0.3, 0.4) is 0 Å². The van der Waals surface area contributed by atoms with E-state index in [2.05, 4.69) is 45.6 Å². The van der Waals surface area contributed by atoms with Crippen molar-refractivity contribution in [3.8, 4) is 5.75 Å². The fourth-order valence-corrected chi connectivity index (χ4v) is 2.40. The van der Waals surface area contributed by atoms with Crippen LogP contribution in [-0.2, 0) is 13.1 Å². The van der Waals surface area contributed by atoms with Gasteiger partial charge >= 0.3 is 0 Å². The number of nitrogens with zero attached hydrogens (tertiary/aromatic N) is 2. The van der Waals surface area contributed by atoms with Crippen molar-refractivity contribution in [2.24, 2.45) is 4.99 Å². The molecule has 0 atom stereocenters. The van der Waals surface area contributed by atoms with Crippen molar-refractivity contribution in [3.63, 3.8) is 0 Å². The first-order valence-electron chi connectivity index (χ1n) is 9.10. The summed E-state index contributed by atoms with van der Waals surface area (Å²) in [7, 11) is 4.09. The van der Waals surface area contributed by atoms with Crippen LogP contribution in [0.1, 0.15) is 18.1 Å². The van der Waals surface area contributed by atoms with E-state index in [4.69, 9.17) is 4.74 Å². The van der Waals surface area contributed by atoms with E-state index in [1.54, 1.807) is 0 Å². The number of likely N-dealkylation sites (N-methyl/N-ethyl adjacent to an activating group) is 1. The maximum atomic E-state index is 5.93. The van der Waals surface area contributed by atoms with E-state index in [-0.39, 0.29) is 0 Å². The molecule has 0 fully saturated rings. The Labute approximate surface area is 157 Å².